The zero-order valence-electron chi connectivity index (χ0n) is 17.9. The van der Waals surface area contributed by atoms with Gasteiger partial charge in [0.2, 0.25) is 0 Å². The fourth-order valence-electron chi connectivity index (χ4n) is 4.31. The topological polar surface area (TPSA) is 50.4 Å². The van der Waals surface area contributed by atoms with Crippen LogP contribution in [0.15, 0.2) is 54.7 Å². The Morgan fingerprint density at radius 2 is 1.97 bits per heavy atom. The van der Waals surface area contributed by atoms with E-state index in [2.05, 4.69) is 46.3 Å². The zero-order chi connectivity index (χ0) is 20.8. The maximum absolute atomic E-state index is 6.00. The van der Waals surface area contributed by atoms with Gasteiger partial charge in [0.1, 0.15) is 6.61 Å². The number of hydrogen-bond acceptors (Lipinski definition) is 4. The Kier molecular flexibility index (Phi) is 6.70. The minimum absolute atomic E-state index is 0.534. The van der Waals surface area contributed by atoms with Crippen molar-refractivity contribution < 1.29 is 9.47 Å². The van der Waals surface area contributed by atoms with Crippen molar-refractivity contribution in [2.75, 3.05) is 20.2 Å². The van der Waals surface area contributed by atoms with Crippen LogP contribution in [0.4, 0.5) is 0 Å². The van der Waals surface area contributed by atoms with E-state index >= 15 is 0 Å². The van der Waals surface area contributed by atoms with E-state index in [1.54, 1.807) is 7.11 Å². The second-order valence-electron chi connectivity index (χ2n) is 8.00. The van der Waals surface area contributed by atoms with Gasteiger partial charge in [-0.15, -0.1) is 0 Å². The van der Waals surface area contributed by atoms with Crippen molar-refractivity contribution >= 4 is 0 Å². The lowest BCUT2D eigenvalue weighted by atomic mass is 9.91. The van der Waals surface area contributed by atoms with Crippen LogP contribution in [0.5, 0.6) is 11.5 Å². The smallest absolute Gasteiger partial charge is 0.161 e. The lowest BCUT2D eigenvalue weighted by Crippen LogP contribution is -2.34. The summed E-state index contributed by atoms with van der Waals surface area (Å²) < 4.78 is 11.6. The highest BCUT2D eigenvalue weighted by Gasteiger charge is 2.24. The molecular formula is C25H31N3O2. The molecule has 0 spiro atoms. The average Bonchev–Trinajstić information content (AvgIpc) is 3.28. The second-order valence-corrected chi connectivity index (χ2v) is 8.00. The van der Waals surface area contributed by atoms with Crippen molar-refractivity contribution in [1.82, 2.24) is 15.1 Å². The molecule has 1 aliphatic rings. The summed E-state index contributed by atoms with van der Waals surface area (Å²) in [6.07, 6.45) is 5.45. The van der Waals surface area contributed by atoms with Crippen LogP contribution in [0.2, 0.25) is 0 Å². The zero-order valence-corrected chi connectivity index (χ0v) is 17.9. The normalized spacial score (nSPS) is 17.1. The number of aromatic nitrogens is 2. The Morgan fingerprint density at radius 3 is 2.77 bits per heavy atom. The molecule has 5 nitrogen and oxygen atoms in total. The van der Waals surface area contributed by atoms with Gasteiger partial charge >= 0.3 is 0 Å². The molecule has 0 aliphatic carbocycles. The standard InChI is InChI=1S/C25H31N3O2/c1-3-21-15-26-27-25(21)22-10-7-13-28(17-22)16-20-11-12-23(24(14-20)29-2)30-18-19-8-5-4-6-9-19/h4-6,8-9,11-12,14-15,22H,3,7,10,13,16-18H2,1-2H3,(H,26,27)/t22-/m0/s1. The van der Waals surface area contributed by atoms with Crippen molar-refractivity contribution in [3.05, 3.63) is 77.1 Å². The van der Waals surface area contributed by atoms with Gasteiger partial charge < -0.3 is 9.47 Å². The van der Waals surface area contributed by atoms with E-state index in [4.69, 9.17) is 9.47 Å². The molecular weight excluding hydrogens is 374 g/mol. The lowest BCUT2D eigenvalue weighted by Gasteiger charge is -2.32. The Labute approximate surface area is 179 Å². The summed E-state index contributed by atoms with van der Waals surface area (Å²) in [4.78, 5) is 2.54. The average molecular weight is 406 g/mol. The van der Waals surface area contributed by atoms with E-state index in [1.165, 1.54) is 29.7 Å². The van der Waals surface area contributed by atoms with Gasteiger partial charge in [0.05, 0.1) is 13.3 Å². The molecule has 1 saturated heterocycles. The fourth-order valence-corrected chi connectivity index (χ4v) is 4.31. The molecule has 4 rings (SSSR count). The van der Waals surface area contributed by atoms with Crippen molar-refractivity contribution in [1.29, 1.82) is 0 Å². The summed E-state index contributed by atoms with van der Waals surface area (Å²) >= 11 is 0. The van der Waals surface area contributed by atoms with Gasteiger partial charge in [-0.25, -0.2) is 0 Å². The Hall–Kier alpha value is -2.79. The number of benzene rings is 2. The van der Waals surface area contributed by atoms with Crippen molar-refractivity contribution in [3.8, 4) is 11.5 Å². The molecule has 0 amide bonds. The summed E-state index contributed by atoms with van der Waals surface area (Å²) in [6, 6.07) is 16.5. The van der Waals surface area contributed by atoms with Crippen LogP contribution < -0.4 is 9.47 Å². The second kappa shape index (κ2) is 9.81. The number of nitrogens with one attached hydrogen (secondary N) is 1. The van der Waals surface area contributed by atoms with Crippen molar-refractivity contribution in [2.24, 2.45) is 0 Å². The molecule has 1 N–H and O–H groups in total. The molecule has 30 heavy (non-hydrogen) atoms. The van der Waals surface area contributed by atoms with E-state index in [-0.39, 0.29) is 0 Å². The van der Waals surface area contributed by atoms with Gasteiger partial charge in [0.15, 0.2) is 11.5 Å². The highest BCUT2D eigenvalue weighted by molar-refractivity contribution is 5.43. The molecule has 1 aliphatic heterocycles. The molecule has 1 aromatic heterocycles. The summed E-state index contributed by atoms with van der Waals surface area (Å²) in [5.41, 5.74) is 5.07. The Bertz CT molecular complexity index is 939. The summed E-state index contributed by atoms with van der Waals surface area (Å²) in [7, 11) is 1.70. The predicted molar refractivity (Wildman–Crippen MR) is 119 cm³/mol. The monoisotopic (exact) mass is 405 g/mol. The molecule has 0 saturated carbocycles. The predicted octanol–water partition coefficient (Wildman–Crippen LogP) is 4.94. The Balaban J connectivity index is 1.40. The number of piperidine rings is 1. The first kappa shape index (κ1) is 20.5. The van der Waals surface area contributed by atoms with Crippen molar-refractivity contribution in [3.63, 3.8) is 0 Å². The van der Waals surface area contributed by atoms with Crippen LogP contribution in [0.25, 0.3) is 0 Å². The molecule has 1 atom stereocenters. The quantitative estimate of drug-likeness (QED) is 0.577. The number of nitrogens with zero attached hydrogens (tertiary/aromatic N) is 2. The van der Waals surface area contributed by atoms with Gasteiger partial charge in [0, 0.05) is 24.7 Å². The van der Waals surface area contributed by atoms with Gasteiger partial charge in [-0.2, -0.15) is 5.10 Å². The highest BCUT2D eigenvalue weighted by Crippen LogP contribution is 2.32. The first-order valence-corrected chi connectivity index (χ1v) is 10.8. The van der Waals surface area contributed by atoms with E-state index in [0.717, 1.165) is 43.1 Å². The number of rotatable bonds is 8. The van der Waals surface area contributed by atoms with Crippen molar-refractivity contribution in [2.45, 2.75) is 45.3 Å². The largest absolute Gasteiger partial charge is 0.493 e. The fraction of sp³-hybridized carbons (Fsp3) is 0.400. The third-order valence-corrected chi connectivity index (χ3v) is 5.92. The molecule has 0 radical (unpaired) electrons. The van der Waals surface area contributed by atoms with Crippen LogP contribution in [0.1, 0.15) is 48.1 Å². The van der Waals surface area contributed by atoms with E-state index in [1.807, 2.05) is 30.5 Å². The van der Waals surface area contributed by atoms with Crippen LogP contribution in [-0.2, 0) is 19.6 Å². The van der Waals surface area contributed by atoms with Gasteiger partial charge in [-0.1, -0.05) is 43.3 Å². The van der Waals surface area contributed by atoms with E-state index in [9.17, 15) is 0 Å². The van der Waals surface area contributed by atoms with Gasteiger partial charge in [-0.3, -0.25) is 10.00 Å². The number of methoxy groups -OCH3 is 1. The third-order valence-electron chi connectivity index (χ3n) is 5.92. The van der Waals surface area contributed by atoms with E-state index < -0.39 is 0 Å². The molecule has 1 fully saturated rings. The maximum Gasteiger partial charge on any atom is 0.161 e. The van der Waals surface area contributed by atoms with Crippen LogP contribution in [-0.4, -0.2) is 35.3 Å². The highest BCUT2D eigenvalue weighted by atomic mass is 16.5. The molecule has 158 valence electrons. The molecule has 3 aromatic rings. The molecule has 5 heteroatoms. The van der Waals surface area contributed by atoms with E-state index in [0.29, 0.717) is 12.5 Å². The SMILES string of the molecule is CCc1cn[nH]c1[C@H]1CCCN(Cc2ccc(OCc3ccccc3)c(OC)c2)C1. The van der Waals surface area contributed by atoms with Crippen LogP contribution >= 0.6 is 0 Å². The number of H-pyrrole nitrogens is 1. The number of hydrogen-bond donors (Lipinski definition) is 1. The molecule has 2 aromatic carbocycles. The maximum atomic E-state index is 6.00. The number of ether oxygens (including phenoxy) is 2. The molecule has 2 heterocycles. The van der Waals surface area contributed by atoms with Crippen LogP contribution in [0.3, 0.4) is 0 Å². The Morgan fingerprint density at radius 1 is 1.10 bits per heavy atom. The first-order chi connectivity index (χ1) is 14.8. The van der Waals surface area contributed by atoms with Crippen LogP contribution in [0, 0.1) is 0 Å². The minimum atomic E-state index is 0.534. The van der Waals surface area contributed by atoms with Gasteiger partial charge in [-0.05, 0) is 54.6 Å². The minimum Gasteiger partial charge on any atom is -0.493 e. The number of likely N-dealkylation sites (tertiary alicyclic amines) is 1. The summed E-state index contributed by atoms with van der Waals surface area (Å²) in [5.74, 6) is 2.11. The summed E-state index contributed by atoms with van der Waals surface area (Å²) in [6.45, 7) is 5.84. The number of aromatic amines is 1. The summed E-state index contributed by atoms with van der Waals surface area (Å²) in [5, 5.41) is 7.53. The lowest BCUT2D eigenvalue weighted by molar-refractivity contribution is 0.197. The molecule has 0 bridgehead atoms. The van der Waals surface area contributed by atoms with Gasteiger partial charge in [0.25, 0.3) is 0 Å². The number of aryl methyl sites for hydroxylation is 1. The molecule has 0 unspecified atom stereocenters. The third kappa shape index (κ3) is 4.85. The first-order valence-electron chi connectivity index (χ1n) is 10.8.